The SMILES string of the molecule is [C-]#[N+]c1cccc(-n2c3ccccc3c3cc(-c4ccc(C)cc4C)ccc32)c1-c1cc(-c2ccc(C#N)cc2C)ccc1-n1c2ccccc2c2cc(-c3ccc(C)cc3C)ccc21. The fourth-order valence-corrected chi connectivity index (χ4v) is 10.3. The van der Waals surface area contributed by atoms with Crippen molar-refractivity contribution in [3.63, 3.8) is 0 Å². The molecule has 308 valence electrons. The first kappa shape index (κ1) is 39.4. The van der Waals surface area contributed by atoms with Crippen molar-refractivity contribution in [2.24, 2.45) is 0 Å². The molecule has 0 saturated carbocycles. The number of nitrogens with zero attached hydrogens (tertiary/aromatic N) is 4. The first-order valence-corrected chi connectivity index (χ1v) is 22.1. The van der Waals surface area contributed by atoms with Crippen molar-refractivity contribution in [3.05, 3.63) is 221 Å². The highest BCUT2D eigenvalue weighted by Gasteiger charge is 2.24. The summed E-state index contributed by atoms with van der Waals surface area (Å²) < 4.78 is 4.74. The van der Waals surface area contributed by atoms with Crippen LogP contribution in [0.5, 0.6) is 0 Å². The fraction of sp³-hybridized carbons (Fsp3) is 0.0820. The van der Waals surface area contributed by atoms with Crippen molar-refractivity contribution < 1.29 is 0 Å². The van der Waals surface area contributed by atoms with Crippen LogP contribution in [-0.4, -0.2) is 9.13 Å². The number of aryl methyl sites for hydroxylation is 5. The van der Waals surface area contributed by atoms with Crippen LogP contribution in [0.4, 0.5) is 5.69 Å². The van der Waals surface area contributed by atoms with Gasteiger partial charge in [0.05, 0.1) is 46.0 Å². The van der Waals surface area contributed by atoms with Gasteiger partial charge in [-0.1, -0.05) is 120 Å². The monoisotopic (exact) mass is 832 g/mol. The second-order valence-electron chi connectivity index (χ2n) is 17.5. The molecular formula is C61H44N4. The molecule has 2 heterocycles. The largest absolute Gasteiger partial charge is 0.310 e. The van der Waals surface area contributed by atoms with E-state index in [9.17, 15) is 5.26 Å². The van der Waals surface area contributed by atoms with E-state index >= 15 is 0 Å². The number of benzene rings is 9. The molecule has 0 aliphatic heterocycles. The fourth-order valence-electron chi connectivity index (χ4n) is 10.3. The lowest BCUT2D eigenvalue weighted by Gasteiger charge is -2.21. The Bertz CT molecular complexity index is 3860. The van der Waals surface area contributed by atoms with Crippen LogP contribution in [0, 0.1) is 52.5 Å². The molecule has 65 heavy (non-hydrogen) atoms. The van der Waals surface area contributed by atoms with Gasteiger partial charge in [-0.3, -0.25) is 0 Å². The number of nitriles is 1. The quantitative estimate of drug-likeness (QED) is 0.154. The van der Waals surface area contributed by atoms with Gasteiger partial charge in [-0.05, 0) is 157 Å². The predicted octanol–water partition coefficient (Wildman–Crippen LogP) is 16.5. The molecule has 4 heteroatoms. The van der Waals surface area contributed by atoms with Gasteiger partial charge in [-0.15, -0.1) is 0 Å². The van der Waals surface area contributed by atoms with E-state index in [-0.39, 0.29) is 0 Å². The minimum absolute atomic E-state index is 0.563. The highest BCUT2D eigenvalue weighted by molar-refractivity contribution is 6.13. The molecule has 11 rings (SSSR count). The topological polar surface area (TPSA) is 38.0 Å². The Morgan fingerprint density at radius 3 is 1.45 bits per heavy atom. The smallest absolute Gasteiger partial charge is 0.197 e. The summed E-state index contributed by atoms with van der Waals surface area (Å²) in [6.45, 7) is 19.5. The molecular weight excluding hydrogens is 789 g/mol. The molecule has 4 nitrogen and oxygen atoms in total. The minimum Gasteiger partial charge on any atom is -0.310 e. The zero-order chi connectivity index (χ0) is 44.5. The molecule has 11 aromatic rings. The molecule has 0 bridgehead atoms. The Morgan fingerprint density at radius 1 is 0.415 bits per heavy atom. The zero-order valence-corrected chi connectivity index (χ0v) is 37.0. The molecule has 0 atom stereocenters. The van der Waals surface area contributed by atoms with Crippen molar-refractivity contribution >= 4 is 49.3 Å². The Morgan fingerprint density at radius 2 is 0.908 bits per heavy atom. The average molecular weight is 833 g/mol. The number of para-hydroxylation sites is 2. The van der Waals surface area contributed by atoms with Gasteiger partial charge in [0.2, 0.25) is 0 Å². The van der Waals surface area contributed by atoms with Gasteiger partial charge in [0.1, 0.15) is 0 Å². The number of rotatable bonds is 6. The summed E-state index contributed by atoms with van der Waals surface area (Å²) in [5, 5.41) is 14.4. The molecule has 0 amide bonds. The van der Waals surface area contributed by atoms with Crippen LogP contribution in [0.15, 0.2) is 176 Å². The van der Waals surface area contributed by atoms with E-state index in [1.54, 1.807) is 0 Å². The third-order valence-electron chi connectivity index (χ3n) is 13.3. The molecule has 0 radical (unpaired) electrons. The van der Waals surface area contributed by atoms with Gasteiger partial charge < -0.3 is 9.13 Å². The lowest BCUT2D eigenvalue weighted by molar-refractivity contribution is 1.16. The van der Waals surface area contributed by atoms with Crippen LogP contribution in [0.3, 0.4) is 0 Å². The molecule has 9 aromatic carbocycles. The Hall–Kier alpha value is -8.44. The second-order valence-corrected chi connectivity index (χ2v) is 17.5. The van der Waals surface area contributed by atoms with Gasteiger partial charge >= 0.3 is 0 Å². The number of aromatic nitrogens is 2. The predicted molar refractivity (Wildman–Crippen MR) is 272 cm³/mol. The van der Waals surface area contributed by atoms with Crippen LogP contribution in [-0.2, 0) is 0 Å². The normalized spacial score (nSPS) is 11.4. The summed E-state index contributed by atoms with van der Waals surface area (Å²) in [5.74, 6) is 0. The molecule has 2 aromatic heterocycles. The average Bonchev–Trinajstić information content (AvgIpc) is 3.83. The molecule has 0 aliphatic rings. The molecule has 0 fully saturated rings. The van der Waals surface area contributed by atoms with Gasteiger partial charge in [0.25, 0.3) is 0 Å². The van der Waals surface area contributed by atoms with Gasteiger partial charge in [-0.2, -0.15) is 5.26 Å². The summed E-state index contributed by atoms with van der Waals surface area (Å²) in [7, 11) is 0. The van der Waals surface area contributed by atoms with Gasteiger partial charge in [-0.25, -0.2) is 4.85 Å². The van der Waals surface area contributed by atoms with E-state index in [0.717, 1.165) is 82.8 Å². The van der Waals surface area contributed by atoms with Crippen molar-refractivity contribution in [1.82, 2.24) is 9.13 Å². The van der Waals surface area contributed by atoms with Crippen LogP contribution < -0.4 is 0 Å². The maximum atomic E-state index is 9.78. The third kappa shape index (κ3) is 6.42. The van der Waals surface area contributed by atoms with Crippen molar-refractivity contribution in [2.75, 3.05) is 0 Å². The Kier molecular flexibility index (Phi) is 9.35. The number of hydrogen-bond donors (Lipinski definition) is 0. The zero-order valence-electron chi connectivity index (χ0n) is 37.0. The van der Waals surface area contributed by atoms with Crippen molar-refractivity contribution in [2.45, 2.75) is 34.6 Å². The molecule has 0 aliphatic carbocycles. The summed E-state index contributed by atoms with van der Waals surface area (Å²) >= 11 is 0. The van der Waals surface area contributed by atoms with Gasteiger partial charge in [0.15, 0.2) is 5.69 Å². The molecule has 0 N–H and O–H groups in total. The summed E-state index contributed by atoms with van der Waals surface area (Å²) in [6, 6.07) is 65.2. The van der Waals surface area contributed by atoms with Crippen LogP contribution >= 0.6 is 0 Å². The number of hydrogen-bond acceptors (Lipinski definition) is 1. The number of fused-ring (bicyclic) bond motifs is 6. The molecule has 0 unspecified atom stereocenters. The maximum Gasteiger partial charge on any atom is 0.197 e. The minimum atomic E-state index is 0.563. The lowest BCUT2D eigenvalue weighted by atomic mass is 9.92. The first-order chi connectivity index (χ1) is 31.7. The van der Waals surface area contributed by atoms with Crippen LogP contribution in [0.1, 0.15) is 33.4 Å². The summed E-state index contributed by atoms with van der Waals surface area (Å²) in [5.41, 5.74) is 22.0. The Balaban J connectivity index is 1.22. The summed E-state index contributed by atoms with van der Waals surface area (Å²) in [6.07, 6.45) is 0. The standard InChI is InChI=1S/C61H44N4/c1-37-18-24-46(39(3)30-37)43-21-27-57-51(33-43)49-12-7-9-15-55(49)64(57)59-29-23-45(48-26-20-42(36-62)32-41(48)5)35-53(59)61-54(63-6)14-11-17-60(61)65-56-16-10-8-13-50(56)52-34-44(22-28-58(52)65)47-25-19-38(2)31-40(47)4/h7-35H,1-5H3. The van der Waals surface area contributed by atoms with Crippen LogP contribution in [0.2, 0.25) is 0 Å². The maximum absolute atomic E-state index is 9.78. The van der Waals surface area contributed by atoms with E-state index in [0.29, 0.717) is 11.3 Å². The van der Waals surface area contributed by atoms with E-state index in [1.165, 1.54) is 44.5 Å². The van der Waals surface area contributed by atoms with Crippen molar-refractivity contribution in [3.8, 4) is 62.0 Å². The lowest BCUT2D eigenvalue weighted by Crippen LogP contribution is -2.02. The molecule has 0 saturated heterocycles. The van der Waals surface area contributed by atoms with Crippen molar-refractivity contribution in [1.29, 1.82) is 5.26 Å². The summed E-state index contributed by atoms with van der Waals surface area (Å²) in [4.78, 5) is 4.29. The first-order valence-electron chi connectivity index (χ1n) is 22.1. The van der Waals surface area contributed by atoms with E-state index in [1.807, 2.05) is 30.3 Å². The van der Waals surface area contributed by atoms with E-state index in [2.05, 4.69) is 200 Å². The van der Waals surface area contributed by atoms with Crippen LogP contribution in [0.25, 0.3) is 104 Å². The highest BCUT2D eigenvalue weighted by atomic mass is 15.0. The molecule has 0 spiro atoms. The second kappa shape index (κ2) is 15.4. The highest BCUT2D eigenvalue weighted by Crippen LogP contribution is 2.47. The van der Waals surface area contributed by atoms with Gasteiger partial charge in [0, 0.05) is 32.8 Å². The third-order valence-corrected chi connectivity index (χ3v) is 13.3. The Labute approximate surface area is 379 Å². The van der Waals surface area contributed by atoms with E-state index < -0.39 is 0 Å². The van der Waals surface area contributed by atoms with E-state index in [4.69, 9.17) is 6.57 Å².